The SMILES string of the molecule is CCC(N)C(O)C(=O)NCC1CC1. The van der Waals surface area contributed by atoms with Crippen molar-refractivity contribution in [2.45, 2.75) is 38.3 Å². The van der Waals surface area contributed by atoms with E-state index in [9.17, 15) is 9.90 Å². The smallest absolute Gasteiger partial charge is 0.250 e. The maximum atomic E-state index is 11.2. The third-order valence-corrected chi connectivity index (χ3v) is 2.41. The van der Waals surface area contributed by atoms with Crippen LogP contribution in [0.15, 0.2) is 0 Å². The maximum Gasteiger partial charge on any atom is 0.250 e. The van der Waals surface area contributed by atoms with E-state index in [0.29, 0.717) is 18.9 Å². The molecule has 0 aliphatic heterocycles. The number of carbonyl (C=O) groups is 1. The molecule has 1 saturated carbocycles. The Kier molecular flexibility index (Phi) is 3.69. The molecule has 0 heterocycles. The molecular weight excluding hydrogens is 168 g/mol. The van der Waals surface area contributed by atoms with E-state index >= 15 is 0 Å². The minimum absolute atomic E-state index is 0.332. The standard InChI is InChI=1S/C9H18N2O2/c1-2-7(10)8(12)9(13)11-5-6-3-4-6/h6-8,12H,2-5,10H2,1H3,(H,11,13). The summed E-state index contributed by atoms with van der Waals surface area (Å²) in [6.45, 7) is 2.54. The van der Waals surface area contributed by atoms with Crippen molar-refractivity contribution in [2.75, 3.05) is 6.54 Å². The van der Waals surface area contributed by atoms with Crippen LogP contribution in [0.4, 0.5) is 0 Å². The molecule has 1 amide bonds. The van der Waals surface area contributed by atoms with Gasteiger partial charge in [-0.15, -0.1) is 0 Å². The van der Waals surface area contributed by atoms with Gasteiger partial charge in [-0.2, -0.15) is 0 Å². The Morgan fingerprint density at radius 3 is 2.77 bits per heavy atom. The van der Waals surface area contributed by atoms with E-state index < -0.39 is 12.1 Å². The summed E-state index contributed by atoms with van der Waals surface area (Å²) in [4.78, 5) is 11.2. The van der Waals surface area contributed by atoms with Crippen LogP contribution in [-0.2, 0) is 4.79 Å². The lowest BCUT2D eigenvalue weighted by atomic mass is 10.1. The van der Waals surface area contributed by atoms with Gasteiger partial charge in [-0.1, -0.05) is 6.92 Å². The van der Waals surface area contributed by atoms with Gasteiger partial charge in [0, 0.05) is 12.6 Å². The van der Waals surface area contributed by atoms with Crippen molar-refractivity contribution in [1.29, 1.82) is 0 Å². The van der Waals surface area contributed by atoms with Crippen molar-refractivity contribution in [1.82, 2.24) is 5.32 Å². The molecule has 0 radical (unpaired) electrons. The van der Waals surface area contributed by atoms with Crippen LogP contribution in [0, 0.1) is 5.92 Å². The minimum Gasteiger partial charge on any atom is -0.382 e. The zero-order valence-electron chi connectivity index (χ0n) is 7.99. The lowest BCUT2D eigenvalue weighted by Crippen LogP contribution is -2.46. The fraction of sp³-hybridized carbons (Fsp3) is 0.889. The van der Waals surface area contributed by atoms with Crippen LogP contribution in [0.1, 0.15) is 26.2 Å². The van der Waals surface area contributed by atoms with E-state index in [4.69, 9.17) is 5.73 Å². The average Bonchev–Trinajstić information content (AvgIpc) is 2.95. The third kappa shape index (κ3) is 3.32. The van der Waals surface area contributed by atoms with Crippen molar-refractivity contribution in [3.63, 3.8) is 0 Å². The van der Waals surface area contributed by atoms with Gasteiger partial charge in [-0.05, 0) is 25.2 Å². The molecule has 1 aliphatic carbocycles. The number of rotatable bonds is 5. The van der Waals surface area contributed by atoms with Gasteiger partial charge in [0.2, 0.25) is 5.91 Å². The van der Waals surface area contributed by atoms with Gasteiger partial charge in [0.25, 0.3) is 0 Å². The zero-order chi connectivity index (χ0) is 9.84. The van der Waals surface area contributed by atoms with Crippen LogP contribution < -0.4 is 11.1 Å². The summed E-state index contributed by atoms with van der Waals surface area (Å²) in [6, 6.07) is -0.445. The maximum absolute atomic E-state index is 11.2. The number of aliphatic hydroxyl groups excluding tert-OH is 1. The molecule has 4 N–H and O–H groups in total. The van der Waals surface area contributed by atoms with Gasteiger partial charge in [0.1, 0.15) is 6.10 Å². The summed E-state index contributed by atoms with van der Waals surface area (Å²) >= 11 is 0. The lowest BCUT2D eigenvalue weighted by Gasteiger charge is -2.16. The molecule has 0 spiro atoms. The van der Waals surface area contributed by atoms with Crippen molar-refractivity contribution >= 4 is 5.91 Å². The van der Waals surface area contributed by atoms with Crippen LogP contribution in [0.3, 0.4) is 0 Å². The molecule has 0 aromatic rings. The van der Waals surface area contributed by atoms with E-state index in [-0.39, 0.29) is 5.91 Å². The van der Waals surface area contributed by atoms with Gasteiger partial charge in [-0.25, -0.2) is 0 Å². The second kappa shape index (κ2) is 4.58. The van der Waals surface area contributed by atoms with Gasteiger partial charge < -0.3 is 16.2 Å². The van der Waals surface area contributed by atoms with Crippen LogP contribution in [0.25, 0.3) is 0 Å². The Morgan fingerprint density at radius 1 is 1.69 bits per heavy atom. The number of aliphatic hydroxyl groups is 1. The van der Waals surface area contributed by atoms with Crippen molar-refractivity contribution in [2.24, 2.45) is 11.7 Å². The first kappa shape index (κ1) is 10.5. The van der Waals surface area contributed by atoms with Gasteiger partial charge in [-0.3, -0.25) is 4.79 Å². The fourth-order valence-corrected chi connectivity index (χ4v) is 1.09. The lowest BCUT2D eigenvalue weighted by molar-refractivity contribution is -0.130. The monoisotopic (exact) mass is 186 g/mol. The summed E-state index contributed by atoms with van der Waals surface area (Å²) in [7, 11) is 0. The Morgan fingerprint density at radius 2 is 2.31 bits per heavy atom. The number of hydrogen-bond acceptors (Lipinski definition) is 3. The quantitative estimate of drug-likeness (QED) is 0.547. The second-order valence-electron chi connectivity index (χ2n) is 3.71. The molecule has 0 bridgehead atoms. The van der Waals surface area contributed by atoms with Crippen molar-refractivity contribution in [3.8, 4) is 0 Å². The molecule has 76 valence electrons. The van der Waals surface area contributed by atoms with Crippen LogP contribution in [-0.4, -0.2) is 29.7 Å². The predicted octanol–water partition coefficient (Wildman–Crippen LogP) is -0.389. The summed E-state index contributed by atoms with van der Waals surface area (Å²) < 4.78 is 0. The normalized spacial score (nSPS) is 20.8. The van der Waals surface area contributed by atoms with Gasteiger partial charge in [0.05, 0.1) is 0 Å². The molecule has 4 nitrogen and oxygen atoms in total. The summed E-state index contributed by atoms with van der Waals surface area (Å²) in [5.74, 6) is 0.301. The van der Waals surface area contributed by atoms with E-state index in [1.807, 2.05) is 6.92 Å². The van der Waals surface area contributed by atoms with Crippen molar-refractivity contribution < 1.29 is 9.90 Å². The van der Waals surface area contributed by atoms with E-state index in [0.717, 1.165) is 0 Å². The number of hydrogen-bond donors (Lipinski definition) is 3. The average molecular weight is 186 g/mol. The first-order valence-corrected chi connectivity index (χ1v) is 4.86. The highest BCUT2D eigenvalue weighted by atomic mass is 16.3. The third-order valence-electron chi connectivity index (χ3n) is 2.41. The number of nitrogens with one attached hydrogen (secondary N) is 1. The number of amides is 1. The molecule has 4 heteroatoms. The molecule has 1 aliphatic rings. The molecule has 0 aromatic carbocycles. The molecular formula is C9H18N2O2. The van der Waals surface area contributed by atoms with Gasteiger partial charge in [0.15, 0.2) is 0 Å². The van der Waals surface area contributed by atoms with E-state index in [1.54, 1.807) is 0 Å². The molecule has 13 heavy (non-hydrogen) atoms. The van der Waals surface area contributed by atoms with Crippen LogP contribution in [0.5, 0.6) is 0 Å². The number of nitrogens with two attached hydrogens (primary N) is 1. The second-order valence-corrected chi connectivity index (χ2v) is 3.71. The van der Waals surface area contributed by atoms with Crippen LogP contribution in [0.2, 0.25) is 0 Å². The molecule has 1 rings (SSSR count). The van der Waals surface area contributed by atoms with E-state index in [2.05, 4.69) is 5.32 Å². The summed E-state index contributed by atoms with van der Waals surface area (Å²) in [5.41, 5.74) is 5.53. The highest BCUT2D eigenvalue weighted by Gasteiger charge is 2.25. The topological polar surface area (TPSA) is 75.3 Å². The van der Waals surface area contributed by atoms with E-state index in [1.165, 1.54) is 12.8 Å². The first-order chi connectivity index (χ1) is 6.15. The van der Waals surface area contributed by atoms with Gasteiger partial charge >= 0.3 is 0 Å². The predicted molar refractivity (Wildman–Crippen MR) is 50.0 cm³/mol. The molecule has 0 aromatic heterocycles. The minimum atomic E-state index is -1.05. The molecule has 0 saturated heterocycles. The zero-order valence-corrected chi connectivity index (χ0v) is 7.99. The molecule has 2 atom stereocenters. The Bertz CT molecular complexity index is 180. The van der Waals surface area contributed by atoms with Crippen LogP contribution >= 0.6 is 0 Å². The molecule has 1 fully saturated rings. The highest BCUT2D eigenvalue weighted by molar-refractivity contribution is 5.81. The Balaban J connectivity index is 2.19. The number of carbonyl (C=O) groups excluding carboxylic acids is 1. The highest BCUT2D eigenvalue weighted by Crippen LogP contribution is 2.27. The Labute approximate surface area is 78.5 Å². The van der Waals surface area contributed by atoms with Crippen molar-refractivity contribution in [3.05, 3.63) is 0 Å². The molecule has 2 unspecified atom stereocenters. The Hall–Kier alpha value is -0.610. The largest absolute Gasteiger partial charge is 0.382 e. The summed E-state index contributed by atoms with van der Waals surface area (Å²) in [5, 5.41) is 12.1. The fourth-order valence-electron chi connectivity index (χ4n) is 1.09. The summed E-state index contributed by atoms with van der Waals surface area (Å²) in [6.07, 6.45) is 1.94. The first-order valence-electron chi connectivity index (χ1n) is 4.86.